The van der Waals surface area contributed by atoms with Crippen molar-refractivity contribution in [3.05, 3.63) is 53.3 Å². The Labute approximate surface area is 118 Å². The second-order valence-corrected chi connectivity index (χ2v) is 4.16. The van der Waals surface area contributed by atoms with Crippen LogP contribution in [0.3, 0.4) is 0 Å². The molecular weight excluding hydrogens is 285 g/mol. The van der Waals surface area contributed by atoms with Crippen LogP contribution in [0.25, 0.3) is 0 Å². The SMILES string of the molecule is COc1ccc(NC(=O)c2cc(F)c(F)c(F)c2)c(N)c1. The predicted octanol–water partition coefficient (Wildman–Crippen LogP) is 2.95. The molecule has 0 saturated heterocycles. The molecule has 0 aromatic heterocycles. The van der Waals surface area contributed by atoms with Gasteiger partial charge in [0, 0.05) is 11.6 Å². The van der Waals surface area contributed by atoms with Crippen LogP contribution >= 0.6 is 0 Å². The van der Waals surface area contributed by atoms with E-state index < -0.39 is 23.4 Å². The van der Waals surface area contributed by atoms with Crippen LogP contribution in [0, 0.1) is 17.5 Å². The summed E-state index contributed by atoms with van der Waals surface area (Å²) in [7, 11) is 1.46. The Morgan fingerprint density at radius 2 is 1.76 bits per heavy atom. The van der Waals surface area contributed by atoms with Gasteiger partial charge in [0.1, 0.15) is 5.75 Å². The Kier molecular flexibility index (Phi) is 4.02. The normalized spacial score (nSPS) is 10.3. The van der Waals surface area contributed by atoms with Crippen molar-refractivity contribution >= 4 is 17.3 Å². The van der Waals surface area contributed by atoms with E-state index in [9.17, 15) is 18.0 Å². The van der Waals surface area contributed by atoms with Crippen molar-refractivity contribution in [1.29, 1.82) is 0 Å². The Hall–Kier alpha value is -2.70. The van der Waals surface area contributed by atoms with Crippen LogP contribution in [0.1, 0.15) is 10.4 Å². The molecule has 0 atom stereocenters. The molecule has 0 spiro atoms. The lowest BCUT2D eigenvalue weighted by Gasteiger charge is -2.10. The van der Waals surface area contributed by atoms with E-state index in [1.165, 1.54) is 19.2 Å². The summed E-state index contributed by atoms with van der Waals surface area (Å²) in [6.07, 6.45) is 0. The molecule has 0 fully saturated rings. The lowest BCUT2D eigenvalue weighted by molar-refractivity contribution is 0.102. The lowest BCUT2D eigenvalue weighted by Crippen LogP contribution is -2.14. The highest BCUT2D eigenvalue weighted by Gasteiger charge is 2.16. The minimum atomic E-state index is -1.63. The quantitative estimate of drug-likeness (QED) is 0.676. The fourth-order valence-corrected chi connectivity index (χ4v) is 1.66. The third-order valence-electron chi connectivity index (χ3n) is 2.75. The van der Waals surface area contributed by atoms with E-state index in [1.54, 1.807) is 6.07 Å². The summed E-state index contributed by atoms with van der Waals surface area (Å²) in [6.45, 7) is 0. The molecule has 2 aromatic rings. The number of carbonyl (C=O) groups is 1. The largest absolute Gasteiger partial charge is 0.497 e. The van der Waals surface area contributed by atoms with Gasteiger partial charge in [-0.1, -0.05) is 0 Å². The van der Waals surface area contributed by atoms with Crippen LogP contribution in [0.4, 0.5) is 24.5 Å². The zero-order valence-electron chi connectivity index (χ0n) is 10.9. The van der Waals surface area contributed by atoms with Crippen LogP contribution < -0.4 is 15.8 Å². The topological polar surface area (TPSA) is 64.3 Å². The molecule has 0 saturated carbocycles. The second kappa shape index (κ2) is 5.74. The number of halogens is 3. The number of hydrogen-bond donors (Lipinski definition) is 2. The van der Waals surface area contributed by atoms with Gasteiger partial charge in [0.15, 0.2) is 17.5 Å². The number of rotatable bonds is 3. The number of carbonyl (C=O) groups excluding carboxylic acids is 1. The van der Waals surface area contributed by atoms with E-state index in [0.717, 1.165) is 0 Å². The average Bonchev–Trinajstić information content (AvgIpc) is 2.46. The van der Waals surface area contributed by atoms with E-state index >= 15 is 0 Å². The molecule has 0 radical (unpaired) electrons. The number of amides is 1. The summed E-state index contributed by atoms with van der Waals surface area (Å²) < 4.78 is 43.9. The number of anilines is 2. The Morgan fingerprint density at radius 1 is 1.14 bits per heavy atom. The Bertz CT molecular complexity index is 682. The molecule has 0 aliphatic carbocycles. The third kappa shape index (κ3) is 3.07. The van der Waals surface area contributed by atoms with Gasteiger partial charge in [0.05, 0.1) is 18.5 Å². The maximum absolute atomic E-state index is 13.1. The smallest absolute Gasteiger partial charge is 0.255 e. The van der Waals surface area contributed by atoms with E-state index in [4.69, 9.17) is 10.5 Å². The highest BCUT2D eigenvalue weighted by molar-refractivity contribution is 6.05. The summed E-state index contributed by atoms with van der Waals surface area (Å²) in [6, 6.07) is 5.71. The standard InChI is InChI=1S/C14H11F3N2O2/c1-21-8-2-3-12(11(18)6-8)19-14(20)7-4-9(15)13(17)10(16)5-7/h2-6H,18H2,1H3,(H,19,20). The highest BCUT2D eigenvalue weighted by atomic mass is 19.2. The van der Waals surface area contributed by atoms with Gasteiger partial charge in [0.25, 0.3) is 5.91 Å². The van der Waals surface area contributed by atoms with Gasteiger partial charge in [-0.05, 0) is 24.3 Å². The number of nitrogen functional groups attached to an aromatic ring is 1. The fourth-order valence-electron chi connectivity index (χ4n) is 1.66. The summed E-state index contributed by atoms with van der Waals surface area (Å²) in [5.41, 5.74) is 5.80. The van der Waals surface area contributed by atoms with Gasteiger partial charge in [-0.25, -0.2) is 13.2 Å². The van der Waals surface area contributed by atoms with Crippen molar-refractivity contribution in [1.82, 2.24) is 0 Å². The number of benzene rings is 2. The number of hydrogen-bond acceptors (Lipinski definition) is 3. The number of ether oxygens (including phenoxy) is 1. The Morgan fingerprint density at radius 3 is 2.29 bits per heavy atom. The summed E-state index contributed by atoms with van der Waals surface area (Å²) in [5.74, 6) is -4.84. The first-order valence-electron chi connectivity index (χ1n) is 5.81. The lowest BCUT2D eigenvalue weighted by atomic mass is 10.1. The summed E-state index contributed by atoms with van der Waals surface area (Å²) in [4.78, 5) is 11.9. The van der Waals surface area contributed by atoms with Crippen LogP contribution in [-0.4, -0.2) is 13.0 Å². The molecular formula is C14H11F3N2O2. The van der Waals surface area contributed by atoms with Gasteiger partial charge in [0.2, 0.25) is 0 Å². The van der Waals surface area contributed by atoms with Crippen LogP contribution in [0.2, 0.25) is 0 Å². The third-order valence-corrected chi connectivity index (χ3v) is 2.75. The van der Waals surface area contributed by atoms with Crippen molar-refractivity contribution in [3.8, 4) is 5.75 Å². The molecule has 0 bridgehead atoms. The van der Waals surface area contributed by atoms with Crippen molar-refractivity contribution < 1.29 is 22.7 Å². The predicted molar refractivity (Wildman–Crippen MR) is 71.7 cm³/mol. The fraction of sp³-hybridized carbons (Fsp3) is 0.0714. The molecule has 2 aromatic carbocycles. The van der Waals surface area contributed by atoms with E-state index in [-0.39, 0.29) is 16.9 Å². The van der Waals surface area contributed by atoms with Gasteiger partial charge in [-0.3, -0.25) is 4.79 Å². The minimum Gasteiger partial charge on any atom is -0.497 e. The van der Waals surface area contributed by atoms with Crippen molar-refractivity contribution in [2.75, 3.05) is 18.2 Å². The minimum absolute atomic E-state index is 0.214. The number of nitrogens with one attached hydrogen (secondary N) is 1. The zero-order valence-corrected chi connectivity index (χ0v) is 10.9. The van der Waals surface area contributed by atoms with Crippen molar-refractivity contribution in [3.63, 3.8) is 0 Å². The molecule has 1 amide bonds. The summed E-state index contributed by atoms with van der Waals surface area (Å²) in [5, 5.41) is 2.38. The first-order valence-corrected chi connectivity index (χ1v) is 5.81. The van der Waals surface area contributed by atoms with Gasteiger partial charge >= 0.3 is 0 Å². The molecule has 0 aliphatic heterocycles. The molecule has 0 unspecified atom stereocenters. The maximum atomic E-state index is 13.1. The van der Waals surface area contributed by atoms with E-state index in [2.05, 4.69) is 5.32 Å². The highest BCUT2D eigenvalue weighted by Crippen LogP contribution is 2.25. The molecule has 4 nitrogen and oxygen atoms in total. The first-order chi connectivity index (χ1) is 9.92. The first kappa shape index (κ1) is 14.7. The van der Waals surface area contributed by atoms with Gasteiger partial charge in [-0.2, -0.15) is 0 Å². The monoisotopic (exact) mass is 296 g/mol. The van der Waals surface area contributed by atoms with Crippen LogP contribution in [-0.2, 0) is 0 Å². The maximum Gasteiger partial charge on any atom is 0.255 e. The molecule has 7 heteroatoms. The Balaban J connectivity index is 2.26. The van der Waals surface area contributed by atoms with Gasteiger partial charge in [-0.15, -0.1) is 0 Å². The second-order valence-electron chi connectivity index (χ2n) is 4.16. The molecule has 3 N–H and O–H groups in total. The number of methoxy groups -OCH3 is 1. The molecule has 2 rings (SSSR count). The van der Waals surface area contributed by atoms with Gasteiger partial charge < -0.3 is 15.8 Å². The number of nitrogens with two attached hydrogens (primary N) is 1. The van der Waals surface area contributed by atoms with Crippen LogP contribution in [0.5, 0.6) is 5.75 Å². The van der Waals surface area contributed by atoms with Crippen molar-refractivity contribution in [2.45, 2.75) is 0 Å². The van der Waals surface area contributed by atoms with E-state index in [0.29, 0.717) is 17.9 Å². The molecule has 0 heterocycles. The van der Waals surface area contributed by atoms with E-state index in [1.807, 2.05) is 0 Å². The van der Waals surface area contributed by atoms with Crippen LogP contribution in [0.15, 0.2) is 30.3 Å². The molecule has 21 heavy (non-hydrogen) atoms. The summed E-state index contributed by atoms with van der Waals surface area (Å²) >= 11 is 0. The van der Waals surface area contributed by atoms with Crippen molar-refractivity contribution in [2.24, 2.45) is 0 Å². The zero-order chi connectivity index (χ0) is 15.6. The molecule has 110 valence electrons. The molecule has 0 aliphatic rings. The average molecular weight is 296 g/mol.